The molecule has 2 fully saturated rings. The molecule has 4 heteroatoms. The van der Waals surface area contributed by atoms with Crippen molar-refractivity contribution in [2.45, 2.75) is 45.1 Å². The number of nitrogens with zero attached hydrogens (tertiary/aromatic N) is 1. The third-order valence-corrected chi connectivity index (χ3v) is 5.40. The molecule has 1 N–H and O–H groups in total. The molecule has 3 nitrogen and oxygen atoms in total. The molecule has 0 bridgehead atoms. The molecular formula is C19H29ClN2O. The van der Waals surface area contributed by atoms with Gasteiger partial charge in [0.05, 0.1) is 6.04 Å². The number of amides is 1. The van der Waals surface area contributed by atoms with Gasteiger partial charge in [-0.15, -0.1) is 12.4 Å². The standard InChI is InChI=1S/C19H28N2O.ClH/c1-15(17-8-3-2-4-9-17)21(14-16-6-5-7-16)19(22)18-10-12-20-13-11-18;/h2-4,8-9,15-16,18,20H,5-7,10-14H2,1H3;1H. The minimum atomic E-state index is 0. The molecule has 0 radical (unpaired) electrons. The molecule has 1 heterocycles. The summed E-state index contributed by atoms with van der Waals surface area (Å²) in [4.78, 5) is 15.3. The number of carbonyl (C=O) groups excluding carboxylic acids is 1. The maximum Gasteiger partial charge on any atom is 0.226 e. The predicted octanol–water partition coefficient (Wildman–Crippen LogP) is 3.80. The number of hydrogen-bond acceptors (Lipinski definition) is 2. The average Bonchev–Trinajstić information content (AvgIpc) is 2.54. The summed E-state index contributed by atoms with van der Waals surface area (Å²) in [6, 6.07) is 10.7. The number of hydrogen-bond donors (Lipinski definition) is 1. The molecule has 3 rings (SSSR count). The zero-order valence-electron chi connectivity index (χ0n) is 14.0. The molecule has 1 aromatic rings. The number of halogens is 1. The lowest BCUT2D eigenvalue weighted by Gasteiger charge is -2.39. The van der Waals surface area contributed by atoms with Gasteiger partial charge in [-0.3, -0.25) is 4.79 Å². The van der Waals surface area contributed by atoms with Gasteiger partial charge in [0.2, 0.25) is 5.91 Å². The molecule has 1 aliphatic heterocycles. The van der Waals surface area contributed by atoms with Crippen LogP contribution in [0, 0.1) is 11.8 Å². The average molecular weight is 337 g/mol. The fourth-order valence-corrected chi connectivity index (χ4v) is 3.61. The molecule has 0 spiro atoms. The van der Waals surface area contributed by atoms with Gasteiger partial charge in [0, 0.05) is 12.5 Å². The van der Waals surface area contributed by atoms with Crippen LogP contribution in [0.15, 0.2) is 30.3 Å². The van der Waals surface area contributed by atoms with E-state index in [0.717, 1.165) is 38.4 Å². The zero-order valence-corrected chi connectivity index (χ0v) is 14.9. The van der Waals surface area contributed by atoms with Crippen LogP contribution < -0.4 is 5.32 Å². The van der Waals surface area contributed by atoms with Crippen molar-refractivity contribution < 1.29 is 4.79 Å². The van der Waals surface area contributed by atoms with Gasteiger partial charge < -0.3 is 10.2 Å². The smallest absolute Gasteiger partial charge is 0.226 e. The first-order valence-corrected chi connectivity index (χ1v) is 8.82. The van der Waals surface area contributed by atoms with Crippen molar-refractivity contribution in [1.29, 1.82) is 0 Å². The van der Waals surface area contributed by atoms with Gasteiger partial charge in [0.1, 0.15) is 0 Å². The molecule has 2 aliphatic rings. The second-order valence-corrected chi connectivity index (χ2v) is 6.90. The van der Waals surface area contributed by atoms with Crippen molar-refractivity contribution in [2.24, 2.45) is 11.8 Å². The molecule has 1 saturated carbocycles. The normalized spacial score (nSPS) is 20.2. The highest BCUT2D eigenvalue weighted by atomic mass is 35.5. The van der Waals surface area contributed by atoms with Gasteiger partial charge in [0.25, 0.3) is 0 Å². The van der Waals surface area contributed by atoms with E-state index < -0.39 is 0 Å². The van der Waals surface area contributed by atoms with Crippen molar-refractivity contribution in [3.05, 3.63) is 35.9 Å². The highest BCUT2D eigenvalue weighted by Crippen LogP contribution is 2.32. The Morgan fingerprint density at radius 3 is 2.39 bits per heavy atom. The molecule has 1 amide bonds. The number of benzene rings is 1. The first kappa shape index (κ1) is 18.3. The Bertz CT molecular complexity index is 483. The molecule has 23 heavy (non-hydrogen) atoms. The van der Waals surface area contributed by atoms with Gasteiger partial charge in [-0.1, -0.05) is 36.8 Å². The first-order chi connectivity index (χ1) is 10.8. The molecule has 0 aromatic heterocycles. The first-order valence-electron chi connectivity index (χ1n) is 8.82. The molecular weight excluding hydrogens is 308 g/mol. The van der Waals surface area contributed by atoms with E-state index in [1.54, 1.807) is 0 Å². The molecule has 1 aromatic carbocycles. The second kappa shape index (κ2) is 8.70. The number of rotatable bonds is 5. The van der Waals surface area contributed by atoms with Crippen molar-refractivity contribution >= 4 is 18.3 Å². The SMILES string of the molecule is CC(c1ccccc1)N(CC1CCC1)C(=O)C1CCNCC1.Cl. The van der Waals surface area contributed by atoms with E-state index in [2.05, 4.69) is 41.4 Å². The summed E-state index contributed by atoms with van der Waals surface area (Å²) in [5, 5.41) is 3.36. The maximum atomic E-state index is 13.1. The summed E-state index contributed by atoms with van der Waals surface area (Å²) in [6.07, 6.45) is 5.89. The lowest BCUT2D eigenvalue weighted by atomic mass is 9.84. The van der Waals surface area contributed by atoms with Crippen LogP contribution in [0.3, 0.4) is 0 Å². The molecule has 1 saturated heterocycles. The summed E-state index contributed by atoms with van der Waals surface area (Å²) in [7, 11) is 0. The summed E-state index contributed by atoms with van der Waals surface area (Å²) >= 11 is 0. The van der Waals surface area contributed by atoms with E-state index in [0.29, 0.717) is 5.91 Å². The third kappa shape index (κ3) is 4.48. The monoisotopic (exact) mass is 336 g/mol. The van der Waals surface area contributed by atoms with Crippen LogP contribution in [-0.2, 0) is 4.79 Å². The Balaban J connectivity index is 0.00000192. The number of carbonyl (C=O) groups is 1. The van der Waals surface area contributed by atoms with Gasteiger partial charge >= 0.3 is 0 Å². The van der Waals surface area contributed by atoms with Gasteiger partial charge in [0.15, 0.2) is 0 Å². The van der Waals surface area contributed by atoms with Crippen LogP contribution in [0.4, 0.5) is 0 Å². The minimum absolute atomic E-state index is 0. The van der Waals surface area contributed by atoms with Crippen molar-refractivity contribution in [2.75, 3.05) is 19.6 Å². The van der Waals surface area contributed by atoms with E-state index in [1.807, 2.05) is 6.07 Å². The largest absolute Gasteiger partial charge is 0.335 e. The van der Waals surface area contributed by atoms with Crippen LogP contribution in [0.25, 0.3) is 0 Å². The topological polar surface area (TPSA) is 32.3 Å². The molecule has 1 aliphatic carbocycles. The lowest BCUT2D eigenvalue weighted by Crippen LogP contribution is -2.45. The van der Waals surface area contributed by atoms with Crippen molar-refractivity contribution in [3.63, 3.8) is 0 Å². The lowest BCUT2D eigenvalue weighted by molar-refractivity contribution is -0.139. The Morgan fingerprint density at radius 2 is 1.83 bits per heavy atom. The second-order valence-electron chi connectivity index (χ2n) is 6.90. The Hall–Kier alpha value is -1.06. The molecule has 1 atom stereocenters. The van der Waals surface area contributed by atoms with E-state index in [-0.39, 0.29) is 24.4 Å². The van der Waals surface area contributed by atoms with Gasteiger partial charge in [-0.2, -0.15) is 0 Å². The van der Waals surface area contributed by atoms with E-state index in [9.17, 15) is 4.79 Å². The Morgan fingerprint density at radius 1 is 1.17 bits per heavy atom. The molecule has 1 unspecified atom stereocenters. The number of piperidine rings is 1. The third-order valence-electron chi connectivity index (χ3n) is 5.40. The van der Waals surface area contributed by atoms with E-state index >= 15 is 0 Å². The summed E-state index contributed by atoms with van der Waals surface area (Å²) in [6.45, 7) is 5.09. The van der Waals surface area contributed by atoms with Crippen LogP contribution in [0.1, 0.15) is 50.6 Å². The maximum absolute atomic E-state index is 13.1. The number of nitrogens with one attached hydrogen (secondary N) is 1. The fourth-order valence-electron chi connectivity index (χ4n) is 3.61. The van der Waals surface area contributed by atoms with Crippen molar-refractivity contribution in [1.82, 2.24) is 10.2 Å². The van der Waals surface area contributed by atoms with Crippen LogP contribution in [0.2, 0.25) is 0 Å². The van der Waals surface area contributed by atoms with Crippen LogP contribution in [-0.4, -0.2) is 30.4 Å². The summed E-state index contributed by atoms with van der Waals surface area (Å²) in [5.41, 5.74) is 1.25. The zero-order chi connectivity index (χ0) is 15.4. The van der Waals surface area contributed by atoms with E-state index in [4.69, 9.17) is 0 Å². The Kier molecular flexibility index (Phi) is 6.91. The van der Waals surface area contributed by atoms with Gasteiger partial charge in [-0.05, 0) is 57.2 Å². The van der Waals surface area contributed by atoms with Crippen LogP contribution in [0.5, 0.6) is 0 Å². The quantitative estimate of drug-likeness (QED) is 0.887. The Labute approximate surface area is 146 Å². The fraction of sp³-hybridized carbons (Fsp3) is 0.632. The van der Waals surface area contributed by atoms with Gasteiger partial charge in [-0.25, -0.2) is 0 Å². The molecule has 128 valence electrons. The summed E-state index contributed by atoms with van der Waals surface area (Å²) in [5.74, 6) is 1.31. The van der Waals surface area contributed by atoms with E-state index in [1.165, 1.54) is 24.8 Å². The minimum Gasteiger partial charge on any atom is -0.335 e. The van der Waals surface area contributed by atoms with Crippen molar-refractivity contribution in [3.8, 4) is 0 Å². The highest BCUT2D eigenvalue weighted by Gasteiger charge is 2.32. The predicted molar refractivity (Wildman–Crippen MR) is 96.8 cm³/mol. The van der Waals surface area contributed by atoms with Crippen LogP contribution >= 0.6 is 12.4 Å². The summed E-state index contributed by atoms with van der Waals surface area (Å²) < 4.78 is 0. The highest BCUT2D eigenvalue weighted by molar-refractivity contribution is 5.85.